The number of benzene rings is 1. The highest BCUT2D eigenvalue weighted by molar-refractivity contribution is 7.19. The molecule has 6 heteroatoms. The van der Waals surface area contributed by atoms with E-state index >= 15 is 0 Å². The van der Waals surface area contributed by atoms with Crippen LogP contribution in [0.1, 0.15) is 28.8 Å². The first-order valence-corrected chi connectivity index (χ1v) is 9.27. The summed E-state index contributed by atoms with van der Waals surface area (Å²) in [5.41, 5.74) is 2.54. The fourth-order valence-corrected chi connectivity index (χ4v) is 4.74. The number of fused-ring (bicyclic) bond motifs is 3. The first-order valence-electron chi connectivity index (χ1n) is 8.08. The number of ether oxygens (including phenoxy) is 1. The largest absolute Gasteiger partial charge is 0.495 e. The third-order valence-electron chi connectivity index (χ3n) is 4.43. The van der Waals surface area contributed by atoms with Crippen LogP contribution in [-0.4, -0.2) is 17.1 Å². The summed E-state index contributed by atoms with van der Waals surface area (Å²) in [4.78, 5) is 11.5. The Balaban J connectivity index is 1.63. The van der Waals surface area contributed by atoms with E-state index in [4.69, 9.17) is 16.3 Å². The number of rotatable bonds is 4. The van der Waals surface area contributed by atoms with Crippen molar-refractivity contribution in [3.05, 3.63) is 45.6 Å². The van der Waals surface area contributed by atoms with Crippen molar-refractivity contribution < 1.29 is 4.74 Å². The molecular weight excluding hydrogens is 342 g/mol. The fourth-order valence-electron chi connectivity index (χ4n) is 3.23. The van der Waals surface area contributed by atoms with Crippen molar-refractivity contribution in [2.24, 2.45) is 0 Å². The van der Waals surface area contributed by atoms with Crippen molar-refractivity contribution in [3.8, 4) is 5.75 Å². The summed E-state index contributed by atoms with van der Waals surface area (Å²) in [5, 5.41) is 5.29. The molecule has 0 radical (unpaired) electrons. The molecule has 1 aliphatic carbocycles. The highest BCUT2D eigenvalue weighted by Crippen LogP contribution is 2.38. The predicted molar refractivity (Wildman–Crippen MR) is 99.4 cm³/mol. The van der Waals surface area contributed by atoms with Crippen LogP contribution in [0.4, 0.5) is 5.82 Å². The molecule has 1 aliphatic rings. The molecule has 4 rings (SSSR count). The molecule has 0 atom stereocenters. The molecule has 2 aromatic heterocycles. The monoisotopic (exact) mass is 359 g/mol. The van der Waals surface area contributed by atoms with E-state index in [1.165, 1.54) is 35.1 Å². The zero-order valence-corrected chi connectivity index (χ0v) is 15.0. The summed E-state index contributed by atoms with van der Waals surface area (Å²) in [6.07, 6.45) is 6.48. The van der Waals surface area contributed by atoms with Crippen LogP contribution >= 0.6 is 22.9 Å². The first kappa shape index (κ1) is 15.7. The van der Waals surface area contributed by atoms with Crippen molar-refractivity contribution in [1.29, 1.82) is 0 Å². The van der Waals surface area contributed by atoms with E-state index in [2.05, 4.69) is 15.3 Å². The van der Waals surface area contributed by atoms with E-state index in [9.17, 15) is 0 Å². The number of nitrogens with one attached hydrogen (secondary N) is 1. The van der Waals surface area contributed by atoms with Gasteiger partial charge in [-0.05, 0) is 48.9 Å². The van der Waals surface area contributed by atoms with Gasteiger partial charge in [0, 0.05) is 11.4 Å². The van der Waals surface area contributed by atoms with Gasteiger partial charge in [0.15, 0.2) is 0 Å². The SMILES string of the molecule is COc1ccc(CNc2ncnc3sc4c(c23)CCCC4)cc1Cl. The lowest BCUT2D eigenvalue weighted by Gasteiger charge is -2.13. The van der Waals surface area contributed by atoms with Crippen molar-refractivity contribution in [3.63, 3.8) is 0 Å². The number of methoxy groups -OCH3 is 1. The van der Waals surface area contributed by atoms with Crippen molar-refractivity contribution in [1.82, 2.24) is 9.97 Å². The van der Waals surface area contributed by atoms with Crippen LogP contribution in [-0.2, 0) is 19.4 Å². The highest BCUT2D eigenvalue weighted by Gasteiger charge is 2.19. The Labute approximate surface area is 149 Å². The molecule has 124 valence electrons. The maximum atomic E-state index is 6.21. The van der Waals surface area contributed by atoms with Crippen molar-refractivity contribution in [2.75, 3.05) is 12.4 Å². The Morgan fingerprint density at radius 2 is 2.12 bits per heavy atom. The molecule has 0 bridgehead atoms. The second kappa shape index (κ2) is 6.57. The van der Waals surface area contributed by atoms with Gasteiger partial charge in [-0.25, -0.2) is 9.97 Å². The van der Waals surface area contributed by atoms with E-state index in [-0.39, 0.29) is 0 Å². The highest BCUT2D eigenvalue weighted by atomic mass is 35.5. The topological polar surface area (TPSA) is 47.0 Å². The van der Waals surface area contributed by atoms with E-state index in [1.807, 2.05) is 29.5 Å². The van der Waals surface area contributed by atoms with Gasteiger partial charge in [0.05, 0.1) is 17.5 Å². The van der Waals surface area contributed by atoms with Crippen LogP contribution in [0, 0.1) is 0 Å². The quantitative estimate of drug-likeness (QED) is 0.723. The van der Waals surface area contributed by atoms with Crippen molar-refractivity contribution >= 4 is 39.0 Å². The molecule has 1 N–H and O–H groups in total. The van der Waals surface area contributed by atoms with E-state index < -0.39 is 0 Å². The van der Waals surface area contributed by atoms with Gasteiger partial charge in [-0.15, -0.1) is 11.3 Å². The Morgan fingerprint density at radius 3 is 2.96 bits per heavy atom. The molecule has 0 saturated carbocycles. The van der Waals surface area contributed by atoms with Gasteiger partial charge in [-0.2, -0.15) is 0 Å². The molecule has 1 aromatic carbocycles. The summed E-state index contributed by atoms with van der Waals surface area (Å²) >= 11 is 8.02. The molecule has 0 fully saturated rings. The Morgan fingerprint density at radius 1 is 1.25 bits per heavy atom. The lowest BCUT2D eigenvalue weighted by molar-refractivity contribution is 0.415. The zero-order chi connectivity index (χ0) is 16.5. The van der Waals surface area contributed by atoms with Gasteiger partial charge in [0.1, 0.15) is 22.7 Å². The molecule has 4 nitrogen and oxygen atoms in total. The summed E-state index contributed by atoms with van der Waals surface area (Å²) in [5.74, 6) is 1.61. The molecule has 0 saturated heterocycles. The van der Waals surface area contributed by atoms with Crippen LogP contribution in [0.5, 0.6) is 5.75 Å². The van der Waals surface area contributed by atoms with Gasteiger partial charge in [0.25, 0.3) is 0 Å². The van der Waals surface area contributed by atoms with Crippen LogP contribution in [0.15, 0.2) is 24.5 Å². The van der Waals surface area contributed by atoms with E-state index in [0.29, 0.717) is 17.3 Å². The predicted octanol–water partition coefficient (Wildman–Crippen LogP) is 4.84. The molecule has 0 unspecified atom stereocenters. The fraction of sp³-hybridized carbons (Fsp3) is 0.333. The number of aryl methyl sites for hydroxylation is 2. The third-order valence-corrected chi connectivity index (χ3v) is 5.92. The summed E-state index contributed by atoms with van der Waals surface area (Å²) in [7, 11) is 1.62. The van der Waals surface area contributed by atoms with E-state index in [0.717, 1.165) is 22.6 Å². The molecule has 24 heavy (non-hydrogen) atoms. The minimum atomic E-state index is 0.623. The molecular formula is C18H18ClN3OS. The van der Waals surface area contributed by atoms with Crippen LogP contribution < -0.4 is 10.1 Å². The number of hydrogen-bond donors (Lipinski definition) is 1. The molecule has 0 spiro atoms. The maximum Gasteiger partial charge on any atom is 0.138 e. The van der Waals surface area contributed by atoms with Gasteiger partial charge < -0.3 is 10.1 Å². The first-order chi connectivity index (χ1) is 11.8. The van der Waals surface area contributed by atoms with Crippen LogP contribution in [0.25, 0.3) is 10.2 Å². The molecule has 0 amide bonds. The average Bonchev–Trinajstić information content (AvgIpc) is 2.99. The average molecular weight is 360 g/mol. The van der Waals surface area contributed by atoms with Crippen molar-refractivity contribution in [2.45, 2.75) is 32.2 Å². The smallest absolute Gasteiger partial charge is 0.138 e. The Kier molecular flexibility index (Phi) is 4.29. The normalized spacial score (nSPS) is 13.8. The second-order valence-electron chi connectivity index (χ2n) is 5.94. The maximum absolute atomic E-state index is 6.21. The van der Waals surface area contributed by atoms with Gasteiger partial charge in [-0.3, -0.25) is 0 Å². The Bertz CT molecular complexity index is 893. The minimum absolute atomic E-state index is 0.623. The number of nitrogens with zero attached hydrogens (tertiary/aromatic N) is 2. The van der Waals surface area contributed by atoms with Gasteiger partial charge in [0.2, 0.25) is 0 Å². The standard InChI is InChI=1S/C18H18ClN3OS/c1-23-14-7-6-11(8-13(14)19)9-20-17-16-12-4-2-3-5-15(12)24-18(16)22-10-21-17/h6-8,10H,2-5,9H2,1H3,(H,20,21,22). The summed E-state index contributed by atoms with van der Waals surface area (Å²) in [6, 6.07) is 5.83. The number of thiophene rings is 1. The lowest BCUT2D eigenvalue weighted by atomic mass is 9.97. The van der Waals surface area contributed by atoms with Crippen LogP contribution in [0.3, 0.4) is 0 Å². The minimum Gasteiger partial charge on any atom is -0.495 e. The Hall–Kier alpha value is -1.85. The number of aromatic nitrogens is 2. The third kappa shape index (κ3) is 2.82. The van der Waals surface area contributed by atoms with Gasteiger partial charge in [-0.1, -0.05) is 17.7 Å². The number of halogens is 1. The second-order valence-corrected chi connectivity index (χ2v) is 7.43. The molecule has 2 heterocycles. The van der Waals surface area contributed by atoms with Gasteiger partial charge >= 0.3 is 0 Å². The molecule has 0 aliphatic heterocycles. The van der Waals surface area contributed by atoms with Crippen LogP contribution in [0.2, 0.25) is 5.02 Å². The zero-order valence-electron chi connectivity index (χ0n) is 13.4. The summed E-state index contributed by atoms with van der Waals surface area (Å²) < 4.78 is 5.20. The lowest BCUT2D eigenvalue weighted by Crippen LogP contribution is -2.04. The number of hydrogen-bond acceptors (Lipinski definition) is 5. The summed E-state index contributed by atoms with van der Waals surface area (Å²) in [6.45, 7) is 0.667. The number of anilines is 1. The van der Waals surface area contributed by atoms with E-state index in [1.54, 1.807) is 13.4 Å². The molecule has 3 aromatic rings.